The van der Waals surface area contributed by atoms with E-state index in [9.17, 15) is 14.4 Å². The molecule has 1 aromatic carbocycles. The van der Waals surface area contributed by atoms with E-state index in [4.69, 9.17) is 0 Å². The first kappa shape index (κ1) is 23.3. The van der Waals surface area contributed by atoms with Crippen LogP contribution in [-0.2, 0) is 14.4 Å². The number of hydrogen-bond donors (Lipinski definition) is 0. The van der Waals surface area contributed by atoms with Crippen LogP contribution in [0.5, 0.6) is 0 Å². The fraction of sp³-hybridized carbons (Fsp3) is 0.500. The van der Waals surface area contributed by atoms with Crippen molar-refractivity contribution in [3.05, 3.63) is 23.3 Å². The van der Waals surface area contributed by atoms with Crippen LogP contribution in [0.15, 0.2) is 12.1 Å². The highest BCUT2D eigenvalue weighted by atomic mass is 35.5. The van der Waals surface area contributed by atoms with E-state index in [2.05, 4.69) is 22.9 Å². The highest BCUT2D eigenvalue weighted by molar-refractivity contribution is 7.22. The van der Waals surface area contributed by atoms with Crippen LogP contribution in [0.4, 0.5) is 5.13 Å². The lowest BCUT2D eigenvalue weighted by Crippen LogP contribution is -2.43. The van der Waals surface area contributed by atoms with Crippen molar-refractivity contribution in [2.75, 3.05) is 38.6 Å². The molecule has 1 fully saturated rings. The molecule has 158 valence electrons. The number of imide groups is 1. The molecular weight excluding hydrogens is 412 g/mol. The summed E-state index contributed by atoms with van der Waals surface area (Å²) in [5, 5.41) is 0.614. The number of carbonyl (C=O) groups excluding carboxylic acids is 3. The highest BCUT2D eigenvalue weighted by Crippen LogP contribution is 2.31. The van der Waals surface area contributed by atoms with Crippen LogP contribution in [0.1, 0.15) is 30.4 Å². The number of carbonyl (C=O) groups is 3. The lowest BCUT2D eigenvalue weighted by atomic mass is 10.1. The number of aromatic nitrogens is 1. The van der Waals surface area contributed by atoms with Crippen molar-refractivity contribution in [1.82, 2.24) is 14.8 Å². The summed E-state index contributed by atoms with van der Waals surface area (Å²) in [6.07, 6.45) is 1.15. The van der Waals surface area contributed by atoms with Crippen LogP contribution in [0.3, 0.4) is 0 Å². The third-order valence-corrected chi connectivity index (χ3v) is 6.00. The smallest absolute Gasteiger partial charge is 0.248 e. The normalized spacial score (nSPS) is 14.0. The molecule has 0 saturated carbocycles. The Morgan fingerprint density at radius 3 is 2.34 bits per heavy atom. The number of aryl methyl sites for hydroxylation is 2. The lowest BCUT2D eigenvalue weighted by molar-refractivity contribution is -0.141. The Kier molecular flexibility index (Phi) is 7.73. The van der Waals surface area contributed by atoms with Crippen LogP contribution in [0, 0.1) is 13.8 Å². The Morgan fingerprint density at radius 2 is 1.72 bits per heavy atom. The van der Waals surface area contributed by atoms with E-state index in [1.54, 1.807) is 4.90 Å². The molecule has 0 atom stereocenters. The second-order valence-corrected chi connectivity index (χ2v) is 8.49. The van der Waals surface area contributed by atoms with Gasteiger partial charge in [0, 0.05) is 19.4 Å². The van der Waals surface area contributed by atoms with E-state index in [0.717, 1.165) is 33.6 Å². The Hall–Kier alpha value is -2.03. The second kappa shape index (κ2) is 9.65. The quantitative estimate of drug-likeness (QED) is 0.621. The summed E-state index contributed by atoms with van der Waals surface area (Å²) in [5.41, 5.74) is 3.20. The van der Waals surface area contributed by atoms with Gasteiger partial charge in [0.05, 0.1) is 10.2 Å². The summed E-state index contributed by atoms with van der Waals surface area (Å²) >= 11 is 1.47. The van der Waals surface area contributed by atoms with Gasteiger partial charge in [-0.05, 0) is 64.2 Å². The molecular formula is C20H27ClN4O3S. The molecule has 1 saturated heterocycles. The van der Waals surface area contributed by atoms with E-state index in [-0.39, 0.29) is 49.5 Å². The minimum atomic E-state index is -0.276. The van der Waals surface area contributed by atoms with Gasteiger partial charge in [-0.2, -0.15) is 0 Å². The number of rotatable bonds is 7. The first-order valence-corrected chi connectivity index (χ1v) is 10.2. The molecule has 0 spiro atoms. The van der Waals surface area contributed by atoms with E-state index in [1.165, 1.54) is 16.9 Å². The number of thiazole rings is 1. The van der Waals surface area contributed by atoms with E-state index in [0.29, 0.717) is 11.7 Å². The molecule has 0 bridgehead atoms. The zero-order valence-corrected chi connectivity index (χ0v) is 18.9. The van der Waals surface area contributed by atoms with Crippen molar-refractivity contribution in [2.24, 2.45) is 0 Å². The molecule has 3 rings (SSSR count). The zero-order chi connectivity index (χ0) is 20.4. The summed E-state index contributed by atoms with van der Waals surface area (Å²) in [4.78, 5) is 46.3. The van der Waals surface area contributed by atoms with Gasteiger partial charge in [-0.1, -0.05) is 11.3 Å². The Balaban J connectivity index is 0.00000300. The molecule has 0 radical (unpaired) electrons. The molecule has 3 amide bonds. The minimum absolute atomic E-state index is 0. The fourth-order valence-electron chi connectivity index (χ4n) is 3.18. The van der Waals surface area contributed by atoms with Crippen LogP contribution in [-0.4, -0.2) is 66.2 Å². The van der Waals surface area contributed by atoms with E-state index in [1.807, 2.05) is 27.1 Å². The molecule has 2 aromatic rings. The number of anilines is 1. The number of halogens is 1. The van der Waals surface area contributed by atoms with Crippen LogP contribution >= 0.6 is 23.7 Å². The predicted octanol–water partition coefficient (Wildman–Crippen LogP) is 2.77. The first-order chi connectivity index (χ1) is 13.3. The van der Waals surface area contributed by atoms with Crippen LogP contribution < -0.4 is 4.90 Å². The third kappa shape index (κ3) is 5.32. The summed E-state index contributed by atoms with van der Waals surface area (Å²) in [6, 6.07) is 4.11. The maximum atomic E-state index is 13.0. The number of benzene rings is 1. The van der Waals surface area contributed by atoms with Gasteiger partial charge >= 0.3 is 0 Å². The third-order valence-electron chi connectivity index (χ3n) is 4.96. The largest absolute Gasteiger partial charge is 0.309 e. The predicted molar refractivity (Wildman–Crippen MR) is 118 cm³/mol. The SMILES string of the molecule is Cc1cc2nc(N(CCCN(C)C)C(=O)CN3C(=O)CCC3=O)sc2cc1C.Cl. The van der Waals surface area contributed by atoms with Gasteiger partial charge in [0.2, 0.25) is 17.7 Å². The van der Waals surface area contributed by atoms with E-state index >= 15 is 0 Å². The average Bonchev–Trinajstić information content (AvgIpc) is 3.16. The molecule has 29 heavy (non-hydrogen) atoms. The average molecular weight is 439 g/mol. The first-order valence-electron chi connectivity index (χ1n) is 9.42. The topological polar surface area (TPSA) is 73.8 Å². The monoisotopic (exact) mass is 438 g/mol. The molecule has 0 aliphatic carbocycles. The van der Waals surface area contributed by atoms with Gasteiger partial charge in [0.15, 0.2) is 5.13 Å². The summed E-state index contributed by atoms with van der Waals surface area (Å²) in [5.74, 6) is -0.820. The number of nitrogens with zero attached hydrogens (tertiary/aromatic N) is 4. The van der Waals surface area contributed by atoms with Gasteiger partial charge in [-0.25, -0.2) is 4.98 Å². The lowest BCUT2D eigenvalue weighted by Gasteiger charge is -2.23. The molecule has 0 unspecified atom stereocenters. The minimum Gasteiger partial charge on any atom is -0.309 e. The maximum Gasteiger partial charge on any atom is 0.248 e. The molecule has 7 nitrogen and oxygen atoms in total. The Morgan fingerprint density at radius 1 is 1.10 bits per heavy atom. The van der Waals surface area contributed by atoms with Gasteiger partial charge in [-0.3, -0.25) is 24.2 Å². The van der Waals surface area contributed by atoms with Crippen molar-refractivity contribution in [3.8, 4) is 0 Å². The van der Waals surface area contributed by atoms with Gasteiger partial charge in [-0.15, -0.1) is 12.4 Å². The number of amides is 3. The number of fused-ring (bicyclic) bond motifs is 1. The highest BCUT2D eigenvalue weighted by Gasteiger charge is 2.32. The molecule has 9 heteroatoms. The van der Waals surface area contributed by atoms with Crippen LogP contribution in [0.25, 0.3) is 10.2 Å². The van der Waals surface area contributed by atoms with Crippen molar-refractivity contribution in [3.63, 3.8) is 0 Å². The standard InChI is InChI=1S/C20H26N4O3S.ClH/c1-13-10-15-16(11-14(13)2)28-20(21-15)23(9-5-8-22(3)4)19(27)12-24-17(25)6-7-18(24)26;/h10-11H,5-9,12H2,1-4H3;1H. The molecule has 1 aliphatic heterocycles. The van der Waals surface area contributed by atoms with E-state index < -0.39 is 0 Å². The summed E-state index contributed by atoms with van der Waals surface area (Å²) < 4.78 is 1.02. The van der Waals surface area contributed by atoms with Crippen molar-refractivity contribution < 1.29 is 14.4 Å². The summed E-state index contributed by atoms with van der Waals surface area (Å²) in [7, 11) is 3.97. The summed E-state index contributed by atoms with van der Waals surface area (Å²) in [6.45, 7) is 5.20. The van der Waals surface area contributed by atoms with Crippen molar-refractivity contribution in [1.29, 1.82) is 0 Å². The van der Waals surface area contributed by atoms with Crippen molar-refractivity contribution >= 4 is 56.8 Å². The van der Waals surface area contributed by atoms with Gasteiger partial charge in [0.1, 0.15) is 6.54 Å². The number of hydrogen-bond acceptors (Lipinski definition) is 6. The second-order valence-electron chi connectivity index (χ2n) is 7.48. The van der Waals surface area contributed by atoms with Gasteiger partial charge in [0.25, 0.3) is 0 Å². The molecule has 0 N–H and O–H groups in total. The Bertz CT molecular complexity index is 873. The Labute approximate surface area is 181 Å². The molecule has 1 aromatic heterocycles. The molecule has 1 aliphatic rings. The van der Waals surface area contributed by atoms with Crippen LogP contribution in [0.2, 0.25) is 0 Å². The maximum absolute atomic E-state index is 13.0. The van der Waals surface area contributed by atoms with Gasteiger partial charge < -0.3 is 4.90 Å². The van der Waals surface area contributed by atoms with Crippen molar-refractivity contribution in [2.45, 2.75) is 33.1 Å². The fourth-order valence-corrected chi connectivity index (χ4v) is 4.26. The zero-order valence-electron chi connectivity index (χ0n) is 17.2. The molecule has 2 heterocycles. The number of likely N-dealkylation sites (tertiary alicyclic amines) is 1.